The third-order valence-corrected chi connectivity index (χ3v) is 3.92. The number of methoxy groups -OCH3 is 1. The summed E-state index contributed by atoms with van der Waals surface area (Å²) in [4.78, 5) is 0. The second kappa shape index (κ2) is 7.13. The van der Waals surface area contributed by atoms with Crippen molar-refractivity contribution < 1.29 is 9.13 Å². The first-order chi connectivity index (χ1) is 10.1. The molecule has 114 valence electrons. The van der Waals surface area contributed by atoms with E-state index in [-0.39, 0.29) is 11.9 Å². The summed E-state index contributed by atoms with van der Waals surface area (Å²) in [5.41, 5.74) is 4.89. The summed E-state index contributed by atoms with van der Waals surface area (Å²) in [7, 11) is 1.63. The smallest absolute Gasteiger partial charge is 0.126 e. The summed E-state index contributed by atoms with van der Waals surface area (Å²) >= 11 is 3.47. The van der Waals surface area contributed by atoms with Crippen LogP contribution < -0.4 is 11.3 Å². The van der Waals surface area contributed by atoms with Crippen molar-refractivity contribution in [2.24, 2.45) is 5.84 Å². The Morgan fingerprint density at radius 3 is 2.90 bits per heavy atom. The number of halogens is 2. The lowest BCUT2D eigenvalue weighted by molar-refractivity contribution is 0.182. The van der Waals surface area contributed by atoms with Gasteiger partial charge in [0.1, 0.15) is 5.82 Å². The molecule has 2 rings (SSSR count). The Balaban J connectivity index is 2.40. The number of hydrazine groups is 1. The molecular weight excluding hydrogens is 339 g/mol. The Kier molecular flexibility index (Phi) is 5.46. The maximum absolute atomic E-state index is 13.8. The highest BCUT2D eigenvalue weighted by atomic mass is 79.9. The van der Waals surface area contributed by atoms with E-state index in [4.69, 9.17) is 10.6 Å². The molecule has 0 spiro atoms. The summed E-state index contributed by atoms with van der Waals surface area (Å²) in [6.07, 6.45) is 1.69. The molecule has 7 heteroatoms. The topological polar surface area (TPSA) is 65.1 Å². The molecule has 0 saturated heterocycles. The van der Waals surface area contributed by atoms with Crippen molar-refractivity contribution in [2.45, 2.75) is 19.5 Å². The van der Waals surface area contributed by atoms with Crippen LogP contribution in [-0.2, 0) is 11.3 Å². The van der Waals surface area contributed by atoms with E-state index in [1.807, 2.05) is 6.07 Å². The molecule has 0 aliphatic rings. The minimum atomic E-state index is -0.367. The Morgan fingerprint density at radius 2 is 2.29 bits per heavy atom. The van der Waals surface area contributed by atoms with E-state index in [2.05, 4.69) is 26.5 Å². The fourth-order valence-electron chi connectivity index (χ4n) is 2.14. The molecule has 0 amide bonds. The molecule has 3 N–H and O–H groups in total. The number of nitrogens with zero attached hydrogens (tertiary/aromatic N) is 2. The lowest BCUT2D eigenvalue weighted by Gasteiger charge is -2.19. The van der Waals surface area contributed by atoms with Crippen molar-refractivity contribution in [2.75, 3.05) is 13.7 Å². The van der Waals surface area contributed by atoms with Gasteiger partial charge in [-0.15, -0.1) is 0 Å². The highest BCUT2D eigenvalue weighted by molar-refractivity contribution is 9.10. The van der Waals surface area contributed by atoms with Gasteiger partial charge in [-0.25, -0.2) is 9.82 Å². The molecule has 2 aromatic rings. The Morgan fingerprint density at radius 1 is 1.52 bits per heavy atom. The van der Waals surface area contributed by atoms with E-state index >= 15 is 0 Å². The van der Waals surface area contributed by atoms with Crippen LogP contribution in [0.5, 0.6) is 0 Å². The van der Waals surface area contributed by atoms with Gasteiger partial charge in [0.15, 0.2) is 0 Å². The van der Waals surface area contributed by atoms with Crippen LogP contribution in [0.3, 0.4) is 0 Å². The standard InChI is InChI=1S/C14H18BrFN4O/c1-9-3-4-10(7-12(9)16)13(19-17)14-11(15)8-18-20(14)5-6-21-2/h3-4,7-8,13,19H,5-6,17H2,1-2H3. The van der Waals surface area contributed by atoms with Gasteiger partial charge in [0.05, 0.1) is 35.6 Å². The number of aromatic nitrogens is 2. The number of hydrogen-bond donors (Lipinski definition) is 2. The molecule has 1 unspecified atom stereocenters. The number of nitrogens with two attached hydrogens (primary N) is 1. The maximum Gasteiger partial charge on any atom is 0.126 e. The summed E-state index contributed by atoms with van der Waals surface area (Å²) < 4.78 is 21.5. The van der Waals surface area contributed by atoms with Crippen LogP contribution in [0.4, 0.5) is 4.39 Å². The van der Waals surface area contributed by atoms with Gasteiger partial charge in [-0.05, 0) is 40.0 Å². The van der Waals surface area contributed by atoms with Gasteiger partial charge in [-0.2, -0.15) is 5.10 Å². The fraction of sp³-hybridized carbons (Fsp3) is 0.357. The van der Waals surface area contributed by atoms with Crippen LogP contribution in [0.15, 0.2) is 28.9 Å². The number of nitrogens with one attached hydrogen (secondary N) is 1. The van der Waals surface area contributed by atoms with Gasteiger partial charge in [0, 0.05) is 7.11 Å². The Labute approximate surface area is 131 Å². The van der Waals surface area contributed by atoms with Crippen LogP contribution in [0, 0.1) is 12.7 Å². The average molecular weight is 357 g/mol. The van der Waals surface area contributed by atoms with Crippen molar-refractivity contribution in [3.05, 3.63) is 51.5 Å². The zero-order valence-corrected chi connectivity index (χ0v) is 13.5. The summed E-state index contributed by atoms with van der Waals surface area (Å²) in [6, 6.07) is 4.70. The summed E-state index contributed by atoms with van der Waals surface area (Å²) in [5.74, 6) is 5.43. The van der Waals surface area contributed by atoms with E-state index in [0.29, 0.717) is 18.7 Å². The lowest BCUT2D eigenvalue weighted by atomic mass is 10.0. The second-order valence-electron chi connectivity index (χ2n) is 4.70. The fourth-order valence-corrected chi connectivity index (χ4v) is 2.66. The van der Waals surface area contributed by atoms with Crippen LogP contribution in [-0.4, -0.2) is 23.5 Å². The number of hydrogen-bond acceptors (Lipinski definition) is 4. The highest BCUT2D eigenvalue weighted by Gasteiger charge is 2.21. The zero-order valence-electron chi connectivity index (χ0n) is 11.9. The lowest BCUT2D eigenvalue weighted by Crippen LogP contribution is -2.31. The highest BCUT2D eigenvalue weighted by Crippen LogP contribution is 2.29. The number of ether oxygens (including phenoxy) is 1. The molecular formula is C14H18BrFN4O. The van der Waals surface area contributed by atoms with Gasteiger partial charge in [-0.1, -0.05) is 12.1 Å². The molecule has 0 fully saturated rings. The van der Waals surface area contributed by atoms with Crippen LogP contribution in [0.2, 0.25) is 0 Å². The van der Waals surface area contributed by atoms with E-state index in [1.54, 1.807) is 31.0 Å². The molecule has 0 aliphatic carbocycles. The Hall–Kier alpha value is -1.28. The first kappa shape index (κ1) is 16.1. The van der Waals surface area contributed by atoms with Gasteiger partial charge < -0.3 is 4.74 Å². The second-order valence-corrected chi connectivity index (χ2v) is 5.56. The van der Waals surface area contributed by atoms with Crippen molar-refractivity contribution >= 4 is 15.9 Å². The molecule has 0 saturated carbocycles. The Bertz CT molecular complexity index is 617. The summed E-state index contributed by atoms with van der Waals surface area (Å²) in [6.45, 7) is 2.84. The number of aryl methyl sites for hydroxylation is 1. The average Bonchev–Trinajstić information content (AvgIpc) is 2.83. The van der Waals surface area contributed by atoms with Crippen molar-refractivity contribution in [1.29, 1.82) is 0 Å². The third kappa shape index (κ3) is 3.49. The predicted molar refractivity (Wildman–Crippen MR) is 82.1 cm³/mol. The van der Waals surface area contributed by atoms with E-state index in [0.717, 1.165) is 15.7 Å². The molecule has 0 radical (unpaired) electrons. The number of rotatable bonds is 6. The molecule has 1 aromatic carbocycles. The van der Waals surface area contributed by atoms with E-state index < -0.39 is 0 Å². The molecule has 21 heavy (non-hydrogen) atoms. The molecule has 5 nitrogen and oxygen atoms in total. The minimum absolute atomic E-state index is 0.258. The molecule has 0 bridgehead atoms. The van der Waals surface area contributed by atoms with Crippen LogP contribution in [0.1, 0.15) is 22.9 Å². The minimum Gasteiger partial charge on any atom is -0.383 e. The molecule has 1 aromatic heterocycles. The van der Waals surface area contributed by atoms with Gasteiger partial charge in [0.2, 0.25) is 0 Å². The largest absolute Gasteiger partial charge is 0.383 e. The van der Waals surface area contributed by atoms with Gasteiger partial charge in [0.25, 0.3) is 0 Å². The quantitative estimate of drug-likeness (QED) is 0.615. The maximum atomic E-state index is 13.8. The van der Waals surface area contributed by atoms with Crippen LogP contribution in [0.25, 0.3) is 0 Å². The van der Waals surface area contributed by atoms with Crippen molar-refractivity contribution in [1.82, 2.24) is 15.2 Å². The van der Waals surface area contributed by atoms with Gasteiger partial charge >= 0.3 is 0 Å². The SMILES string of the molecule is COCCn1ncc(Br)c1C(NN)c1ccc(C)c(F)c1. The summed E-state index contributed by atoms with van der Waals surface area (Å²) in [5, 5.41) is 4.29. The first-order valence-corrected chi connectivity index (χ1v) is 7.30. The number of benzene rings is 1. The van der Waals surface area contributed by atoms with E-state index in [1.165, 1.54) is 6.07 Å². The van der Waals surface area contributed by atoms with Crippen molar-refractivity contribution in [3.8, 4) is 0 Å². The molecule has 1 atom stereocenters. The van der Waals surface area contributed by atoms with E-state index in [9.17, 15) is 4.39 Å². The monoisotopic (exact) mass is 356 g/mol. The van der Waals surface area contributed by atoms with Crippen LogP contribution >= 0.6 is 15.9 Å². The van der Waals surface area contributed by atoms with Crippen molar-refractivity contribution in [3.63, 3.8) is 0 Å². The zero-order chi connectivity index (χ0) is 15.4. The molecule has 0 aliphatic heterocycles. The third-order valence-electron chi connectivity index (χ3n) is 3.31. The molecule has 1 heterocycles. The first-order valence-electron chi connectivity index (χ1n) is 6.50. The predicted octanol–water partition coefficient (Wildman–Crippen LogP) is 2.29. The normalized spacial score (nSPS) is 12.6. The van der Waals surface area contributed by atoms with Gasteiger partial charge in [-0.3, -0.25) is 10.5 Å².